The Labute approximate surface area is 104 Å². The molecule has 0 aromatic heterocycles. The van der Waals surface area contributed by atoms with Gasteiger partial charge < -0.3 is 15.4 Å². The van der Waals surface area contributed by atoms with Crippen molar-refractivity contribution < 1.29 is 4.74 Å². The fourth-order valence-electron chi connectivity index (χ4n) is 2.40. The zero-order chi connectivity index (χ0) is 12.3. The first kappa shape index (κ1) is 12.1. The van der Waals surface area contributed by atoms with E-state index in [9.17, 15) is 0 Å². The average Bonchev–Trinajstić information content (AvgIpc) is 2.81. The van der Waals surface area contributed by atoms with Crippen LogP contribution in [0.15, 0.2) is 18.2 Å². The van der Waals surface area contributed by atoms with E-state index in [0.29, 0.717) is 6.61 Å². The number of hydrogen-bond donors (Lipinski definition) is 1. The SMILES string of the molecule is CCOc1cc(N2CCC(CC)C2)ccc1N. The molecule has 1 saturated heterocycles. The van der Waals surface area contributed by atoms with Crippen LogP contribution in [0.5, 0.6) is 5.75 Å². The van der Waals surface area contributed by atoms with E-state index in [1.54, 1.807) is 0 Å². The predicted octanol–water partition coefficient (Wildman–Crippen LogP) is 2.90. The number of ether oxygens (including phenoxy) is 1. The monoisotopic (exact) mass is 234 g/mol. The highest BCUT2D eigenvalue weighted by molar-refractivity contribution is 5.62. The Bertz CT molecular complexity index is 378. The van der Waals surface area contributed by atoms with Crippen molar-refractivity contribution in [1.82, 2.24) is 0 Å². The number of rotatable bonds is 4. The molecule has 1 fully saturated rings. The van der Waals surface area contributed by atoms with Crippen molar-refractivity contribution in [3.8, 4) is 5.75 Å². The highest BCUT2D eigenvalue weighted by Crippen LogP contribution is 2.31. The third kappa shape index (κ3) is 2.65. The maximum Gasteiger partial charge on any atom is 0.144 e. The second-order valence-corrected chi connectivity index (χ2v) is 4.66. The summed E-state index contributed by atoms with van der Waals surface area (Å²) < 4.78 is 5.54. The second-order valence-electron chi connectivity index (χ2n) is 4.66. The first-order chi connectivity index (χ1) is 8.24. The van der Waals surface area contributed by atoms with E-state index in [2.05, 4.69) is 24.0 Å². The van der Waals surface area contributed by atoms with Crippen molar-refractivity contribution in [1.29, 1.82) is 0 Å². The van der Waals surface area contributed by atoms with Crippen LogP contribution in [0.4, 0.5) is 11.4 Å². The Morgan fingerprint density at radius 1 is 1.41 bits per heavy atom. The molecule has 1 aromatic rings. The first-order valence-electron chi connectivity index (χ1n) is 6.51. The summed E-state index contributed by atoms with van der Waals surface area (Å²) in [6.07, 6.45) is 2.56. The summed E-state index contributed by atoms with van der Waals surface area (Å²) in [6, 6.07) is 6.10. The van der Waals surface area contributed by atoms with Crippen LogP contribution in [-0.2, 0) is 0 Å². The first-order valence-corrected chi connectivity index (χ1v) is 6.51. The van der Waals surface area contributed by atoms with Crippen molar-refractivity contribution >= 4 is 11.4 Å². The Balaban J connectivity index is 2.13. The number of anilines is 2. The maximum absolute atomic E-state index is 5.88. The van der Waals surface area contributed by atoms with Crippen LogP contribution >= 0.6 is 0 Å². The lowest BCUT2D eigenvalue weighted by Crippen LogP contribution is -2.19. The van der Waals surface area contributed by atoms with Crippen molar-refractivity contribution in [2.45, 2.75) is 26.7 Å². The minimum atomic E-state index is 0.658. The molecule has 1 aliphatic heterocycles. The Morgan fingerprint density at radius 2 is 2.24 bits per heavy atom. The van der Waals surface area contributed by atoms with E-state index < -0.39 is 0 Å². The lowest BCUT2D eigenvalue weighted by atomic mass is 10.1. The number of hydrogen-bond acceptors (Lipinski definition) is 3. The van der Waals surface area contributed by atoms with E-state index in [4.69, 9.17) is 10.5 Å². The average molecular weight is 234 g/mol. The van der Waals surface area contributed by atoms with Gasteiger partial charge >= 0.3 is 0 Å². The maximum atomic E-state index is 5.88. The standard InChI is InChI=1S/C14H22N2O/c1-3-11-7-8-16(10-11)12-5-6-13(15)14(9-12)17-4-2/h5-6,9,11H,3-4,7-8,10,15H2,1-2H3. The van der Waals surface area contributed by atoms with Crippen LogP contribution in [0, 0.1) is 5.92 Å². The van der Waals surface area contributed by atoms with E-state index in [-0.39, 0.29) is 0 Å². The lowest BCUT2D eigenvalue weighted by Gasteiger charge is -2.20. The van der Waals surface area contributed by atoms with Gasteiger partial charge in [-0.15, -0.1) is 0 Å². The summed E-state index contributed by atoms with van der Waals surface area (Å²) in [4.78, 5) is 2.43. The Morgan fingerprint density at radius 3 is 2.88 bits per heavy atom. The van der Waals surface area contributed by atoms with Crippen molar-refractivity contribution in [2.75, 3.05) is 30.3 Å². The van der Waals surface area contributed by atoms with Gasteiger partial charge in [-0.2, -0.15) is 0 Å². The van der Waals surface area contributed by atoms with Gasteiger partial charge in [-0.05, 0) is 31.4 Å². The van der Waals surface area contributed by atoms with Crippen LogP contribution in [0.25, 0.3) is 0 Å². The predicted molar refractivity (Wildman–Crippen MR) is 72.6 cm³/mol. The molecule has 3 nitrogen and oxygen atoms in total. The molecule has 2 N–H and O–H groups in total. The van der Waals surface area contributed by atoms with E-state index in [1.165, 1.54) is 18.5 Å². The summed E-state index contributed by atoms with van der Waals surface area (Å²) >= 11 is 0. The van der Waals surface area contributed by atoms with Gasteiger partial charge in [-0.3, -0.25) is 0 Å². The molecular weight excluding hydrogens is 212 g/mol. The summed E-state index contributed by atoms with van der Waals surface area (Å²) in [5.74, 6) is 1.65. The van der Waals surface area contributed by atoms with Gasteiger partial charge in [0.25, 0.3) is 0 Å². The third-order valence-electron chi connectivity index (χ3n) is 3.53. The molecule has 1 aromatic carbocycles. The van der Waals surface area contributed by atoms with E-state index >= 15 is 0 Å². The molecule has 0 radical (unpaired) electrons. The molecule has 3 heteroatoms. The van der Waals surface area contributed by atoms with E-state index in [1.807, 2.05) is 13.0 Å². The Kier molecular flexibility index (Phi) is 3.77. The molecule has 1 heterocycles. The molecule has 1 unspecified atom stereocenters. The van der Waals surface area contributed by atoms with Gasteiger partial charge in [0.05, 0.1) is 12.3 Å². The van der Waals surface area contributed by atoms with Gasteiger partial charge in [0.15, 0.2) is 0 Å². The minimum Gasteiger partial charge on any atom is -0.492 e. The number of benzene rings is 1. The normalized spacial score (nSPS) is 19.6. The van der Waals surface area contributed by atoms with Crippen LogP contribution in [0.1, 0.15) is 26.7 Å². The van der Waals surface area contributed by atoms with Gasteiger partial charge in [-0.25, -0.2) is 0 Å². The van der Waals surface area contributed by atoms with Gasteiger partial charge in [0.2, 0.25) is 0 Å². The second kappa shape index (κ2) is 5.30. The number of nitrogen functional groups attached to an aromatic ring is 1. The van der Waals surface area contributed by atoms with Crippen LogP contribution < -0.4 is 15.4 Å². The molecule has 1 atom stereocenters. The number of nitrogens with zero attached hydrogens (tertiary/aromatic N) is 1. The summed E-state index contributed by atoms with van der Waals surface area (Å²) in [6.45, 7) is 7.21. The minimum absolute atomic E-state index is 0.658. The molecule has 17 heavy (non-hydrogen) atoms. The molecule has 94 valence electrons. The smallest absolute Gasteiger partial charge is 0.144 e. The summed E-state index contributed by atoms with van der Waals surface area (Å²) in [5.41, 5.74) is 7.84. The zero-order valence-electron chi connectivity index (χ0n) is 10.8. The molecule has 0 saturated carbocycles. The topological polar surface area (TPSA) is 38.5 Å². The van der Waals surface area contributed by atoms with E-state index in [0.717, 1.165) is 30.4 Å². The zero-order valence-corrected chi connectivity index (χ0v) is 10.8. The van der Waals surface area contributed by atoms with Gasteiger partial charge in [0, 0.05) is 24.8 Å². The largest absolute Gasteiger partial charge is 0.492 e. The molecular formula is C14H22N2O. The van der Waals surface area contributed by atoms with Crippen LogP contribution in [-0.4, -0.2) is 19.7 Å². The molecule has 0 bridgehead atoms. The summed E-state index contributed by atoms with van der Waals surface area (Å²) in [7, 11) is 0. The third-order valence-corrected chi connectivity index (χ3v) is 3.53. The summed E-state index contributed by atoms with van der Waals surface area (Å²) in [5, 5.41) is 0. The molecule has 1 aliphatic rings. The fourth-order valence-corrected chi connectivity index (χ4v) is 2.40. The highest BCUT2D eigenvalue weighted by Gasteiger charge is 2.21. The van der Waals surface area contributed by atoms with Crippen LogP contribution in [0.3, 0.4) is 0 Å². The Hall–Kier alpha value is -1.38. The highest BCUT2D eigenvalue weighted by atomic mass is 16.5. The quantitative estimate of drug-likeness (QED) is 0.814. The molecule has 0 amide bonds. The van der Waals surface area contributed by atoms with Crippen LogP contribution in [0.2, 0.25) is 0 Å². The van der Waals surface area contributed by atoms with Crippen molar-refractivity contribution in [3.63, 3.8) is 0 Å². The molecule has 2 rings (SSSR count). The van der Waals surface area contributed by atoms with Gasteiger partial charge in [-0.1, -0.05) is 13.3 Å². The van der Waals surface area contributed by atoms with Crippen molar-refractivity contribution in [2.24, 2.45) is 5.92 Å². The van der Waals surface area contributed by atoms with Gasteiger partial charge in [0.1, 0.15) is 5.75 Å². The molecule has 0 spiro atoms. The van der Waals surface area contributed by atoms with Crippen molar-refractivity contribution in [3.05, 3.63) is 18.2 Å². The number of nitrogens with two attached hydrogens (primary N) is 1. The molecule has 0 aliphatic carbocycles. The fraction of sp³-hybridized carbons (Fsp3) is 0.571. The lowest BCUT2D eigenvalue weighted by molar-refractivity contribution is 0.342.